The maximum absolute atomic E-state index is 12.0. The number of nitrogens with zero attached hydrogens (tertiary/aromatic N) is 2. The first kappa shape index (κ1) is 14.1. The molecular formula is C17H18N2O. The Morgan fingerprint density at radius 3 is 2.65 bits per heavy atom. The van der Waals surface area contributed by atoms with Crippen molar-refractivity contribution < 1.29 is 4.79 Å². The summed E-state index contributed by atoms with van der Waals surface area (Å²) in [7, 11) is 0. The fraction of sp³-hybridized carbons (Fsp3) is 0.294. The molecule has 1 aliphatic heterocycles. The van der Waals surface area contributed by atoms with E-state index in [4.69, 9.17) is 5.26 Å². The van der Waals surface area contributed by atoms with Gasteiger partial charge < -0.3 is 4.90 Å². The largest absolute Gasteiger partial charge is 0.304 e. The highest BCUT2D eigenvalue weighted by atomic mass is 16.2. The van der Waals surface area contributed by atoms with Gasteiger partial charge in [0.15, 0.2) is 0 Å². The van der Waals surface area contributed by atoms with E-state index in [0.29, 0.717) is 0 Å². The Kier molecular flexibility index (Phi) is 4.05. The Morgan fingerprint density at radius 1 is 1.35 bits per heavy atom. The molecular weight excluding hydrogens is 248 g/mol. The van der Waals surface area contributed by atoms with Crippen LogP contribution in [0.5, 0.6) is 0 Å². The van der Waals surface area contributed by atoms with Crippen molar-refractivity contribution in [2.75, 3.05) is 4.90 Å². The van der Waals surface area contributed by atoms with Gasteiger partial charge in [-0.15, -0.1) is 0 Å². The van der Waals surface area contributed by atoms with Crippen LogP contribution in [0.25, 0.3) is 5.57 Å². The molecule has 0 radical (unpaired) electrons. The lowest BCUT2D eigenvalue weighted by molar-refractivity contribution is -0.116. The molecule has 20 heavy (non-hydrogen) atoms. The number of carbonyl (C=O) groups excluding carboxylic acids is 1. The van der Waals surface area contributed by atoms with Gasteiger partial charge in [-0.25, -0.2) is 0 Å². The SMILES string of the molecule is CC(=O)N1c2ccccc2/C(=C\C#N)C1CC=C(C)C. The van der Waals surface area contributed by atoms with Gasteiger partial charge in [-0.05, 0) is 31.9 Å². The Bertz CT molecular complexity index is 631. The van der Waals surface area contributed by atoms with Gasteiger partial charge in [0, 0.05) is 18.6 Å². The average molecular weight is 266 g/mol. The van der Waals surface area contributed by atoms with E-state index >= 15 is 0 Å². The molecule has 1 atom stereocenters. The number of nitriles is 1. The van der Waals surface area contributed by atoms with Gasteiger partial charge in [-0.2, -0.15) is 5.26 Å². The third-order valence-corrected chi connectivity index (χ3v) is 3.45. The van der Waals surface area contributed by atoms with Crippen molar-refractivity contribution in [1.29, 1.82) is 5.26 Å². The Labute approximate surface area is 119 Å². The van der Waals surface area contributed by atoms with E-state index in [9.17, 15) is 4.79 Å². The molecule has 0 aliphatic carbocycles. The Hall–Kier alpha value is -2.34. The van der Waals surface area contributed by atoms with E-state index in [1.54, 1.807) is 17.9 Å². The summed E-state index contributed by atoms with van der Waals surface area (Å²) in [5, 5.41) is 9.03. The minimum absolute atomic E-state index is 0.00551. The van der Waals surface area contributed by atoms with E-state index in [1.807, 2.05) is 38.1 Å². The molecule has 102 valence electrons. The van der Waals surface area contributed by atoms with E-state index in [0.717, 1.165) is 23.2 Å². The van der Waals surface area contributed by atoms with Gasteiger partial charge in [-0.1, -0.05) is 29.8 Å². The number of rotatable bonds is 2. The minimum Gasteiger partial charge on any atom is -0.304 e. The van der Waals surface area contributed by atoms with Crippen molar-refractivity contribution in [2.24, 2.45) is 0 Å². The molecule has 1 aliphatic rings. The second-order valence-corrected chi connectivity index (χ2v) is 5.17. The molecule has 2 rings (SSSR count). The first-order valence-corrected chi connectivity index (χ1v) is 6.68. The van der Waals surface area contributed by atoms with Crippen LogP contribution in [0, 0.1) is 11.3 Å². The number of allylic oxidation sites excluding steroid dienone is 2. The fourth-order valence-corrected chi connectivity index (χ4v) is 2.63. The number of carbonyl (C=O) groups is 1. The zero-order chi connectivity index (χ0) is 14.7. The second-order valence-electron chi connectivity index (χ2n) is 5.17. The third-order valence-electron chi connectivity index (χ3n) is 3.45. The molecule has 0 saturated heterocycles. The summed E-state index contributed by atoms with van der Waals surface area (Å²) < 4.78 is 0. The molecule has 1 aromatic carbocycles. The van der Waals surface area contributed by atoms with Crippen molar-refractivity contribution >= 4 is 17.2 Å². The van der Waals surface area contributed by atoms with Crippen molar-refractivity contribution in [3.05, 3.63) is 47.6 Å². The van der Waals surface area contributed by atoms with Gasteiger partial charge in [-0.3, -0.25) is 4.79 Å². The lowest BCUT2D eigenvalue weighted by Crippen LogP contribution is -2.35. The summed E-state index contributed by atoms with van der Waals surface area (Å²) >= 11 is 0. The first-order chi connectivity index (χ1) is 9.56. The summed E-state index contributed by atoms with van der Waals surface area (Å²) in [6.45, 7) is 5.64. The number of hydrogen-bond acceptors (Lipinski definition) is 2. The van der Waals surface area contributed by atoms with Crippen molar-refractivity contribution in [3.63, 3.8) is 0 Å². The summed E-state index contributed by atoms with van der Waals surface area (Å²) in [5.41, 5.74) is 4.02. The highest BCUT2D eigenvalue weighted by Gasteiger charge is 2.35. The Balaban J connectivity index is 2.54. The quantitative estimate of drug-likeness (QED) is 0.605. The summed E-state index contributed by atoms with van der Waals surface area (Å²) in [6.07, 6.45) is 4.40. The fourth-order valence-electron chi connectivity index (χ4n) is 2.63. The molecule has 1 unspecified atom stereocenters. The maximum atomic E-state index is 12.0. The van der Waals surface area contributed by atoms with E-state index < -0.39 is 0 Å². The first-order valence-electron chi connectivity index (χ1n) is 6.68. The number of benzene rings is 1. The van der Waals surface area contributed by atoms with Crippen LogP contribution in [-0.2, 0) is 4.79 Å². The molecule has 0 aromatic heterocycles. The smallest absolute Gasteiger partial charge is 0.224 e. The topological polar surface area (TPSA) is 44.1 Å². The molecule has 1 amide bonds. The number of fused-ring (bicyclic) bond motifs is 1. The van der Waals surface area contributed by atoms with E-state index in [2.05, 4.69) is 12.1 Å². The second kappa shape index (κ2) is 5.75. The van der Waals surface area contributed by atoms with Crippen LogP contribution < -0.4 is 4.90 Å². The van der Waals surface area contributed by atoms with Crippen LogP contribution in [0.4, 0.5) is 5.69 Å². The molecule has 1 heterocycles. The monoisotopic (exact) mass is 266 g/mol. The molecule has 3 nitrogen and oxygen atoms in total. The number of para-hydroxylation sites is 1. The lowest BCUT2D eigenvalue weighted by atomic mass is 9.99. The van der Waals surface area contributed by atoms with Gasteiger partial charge >= 0.3 is 0 Å². The zero-order valence-electron chi connectivity index (χ0n) is 12.1. The highest BCUT2D eigenvalue weighted by Crippen LogP contribution is 2.41. The minimum atomic E-state index is -0.0838. The predicted molar refractivity (Wildman–Crippen MR) is 81.0 cm³/mol. The third kappa shape index (κ3) is 2.50. The average Bonchev–Trinajstić information content (AvgIpc) is 2.71. The van der Waals surface area contributed by atoms with Gasteiger partial charge in [0.1, 0.15) is 0 Å². The number of anilines is 1. The van der Waals surface area contributed by atoms with Crippen LogP contribution in [0.1, 0.15) is 32.8 Å². The molecule has 0 N–H and O–H groups in total. The normalized spacial score (nSPS) is 18.6. The van der Waals surface area contributed by atoms with Crippen molar-refractivity contribution in [2.45, 2.75) is 33.2 Å². The summed E-state index contributed by atoms with van der Waals surface area (Å²) in [4.78, 5) is 13.8. The standard InChI is InChI=1S/C17H18N2O/c1-12(2)8-9-17-15(10-11-18)14-6-4-5-7-16(14)19(17)13(3)20/h4-8,10,17H,9H2,1-3H3/b15-10+. The van der Waals surface area contributed by atoms with Crippen LogP contribution in [0.2, 0.25) is 0 Å². The van der Waals surface area contributed by atoms with Gasteiger partial charge in [0.25, 0.3) is 0 Å². The molecule has 3 heteroatoms. The van der Waals surface area contributed by atoms with Crippen molar-refractivity contribution in [1.82, 2.24) is 0 Å². The van der Waals surface area contributed by atoms with E-state index in [-0.39, 0.29) is 11.9 Å². The highest BCUT2D eigenvalue weighted by molar-refractivity contribution is 6.03. The van der Waals surface area contributed by atoms with Crippen LogP contribution in [0.3, 0.4) is 0 Å². The van der Waals surface area contributed by atoms with Crippen molar-refractivity contribution in [3.8, 4) is 6.07 Å². The van der Waals surface area contributed by atoms with Crippen LogP contribution in [-0.4, -0.2) is 11.9 Å². The number of hydrogen-bond donors (Lipinski definition) is 0. The summed E-state index contributed by atoms with van der Waals surface area (Å²) in [5.74, 6) is 0.00551. The molecule has 0 saturated carbocycles. The molecule has 0 fully saturated rings. The van der Waals surface area contributed by atoms with Gasteiger partial charge in [0.05, 0.1) is 17.8 Å². The van der Waals surface area contributed by atoms with Gasteiger partial charge in [0.2, 0.25) is 5.91 Å². The lowest BCUT2D eigenvalue weighted by Gasteiger charge is -2.23. The molecule has 0 bridgehead atoms. The molecule has 1 aromatic rings. The number of amides is 1. The van der Waals surface area contributed by atoms with E-state index in [1.165, 1.54) is 5.57 Å². The zero-order valence-corrected chi connectivity index (χ0v) is 12.1. The van der Waals surface area contributed by atoms with Crippen LogP contribution >= 0.6 is 0 Å². The summed E-state index contributed by atoms with van der Waals surface area (Å²) in [6, 6.07) is 9.78. The molecule has 0 spiro atoms. The van der Waals surface area contributed by atoms with Crippen LogP contribution in [0.15, 0.2) is 42.0 Å². The predicted octanol–water partition coefficient (Wildman–Crippen LogP) is 3.68. The maximum Gasteiger partial charge on any atom is 0.224 e. The Morgan fingerprint density at radius 2 is 2.05 bits per heavy atom.